The second-order valence-corrected chi connectivity index (χ2v) is 6.93. The summed E-state index contributed by atoms with van der Waals surface area (Å²) in [6.07, 6.45) is 0.875. The summed E-state index contributed by atoms with van der Waals surface area (Å²) in [6, 6.07) is 5.96. The Morgan fingerprint density at radius 1 is 1.42 bits per heavy atom. The quantitative estimate of drug-likeness (QED) is 0.827. The first-order chi connectivity index (χ1) is 8.99. The van der Waals surface area contributed by atoms with Gasteiger partial charge in [-0.2, -0.15) is 0 Å². The number of ether oxygens (including phenoxy) is 1. The fraction of sp³-hybridized carbons (Fsp3) is 0.538. The van der Waals surface area contributed by atoms with Crippen LogP contribution in [0.15, 0.2) is 24.3 Å². The van der Waals surface area contributed by atoms with Gasteiger partial charge in [0, 0.05) is 25.8 Å². The lowest BCUT2D eigenvalue weighted by atomic mass is 10.1. The van der Waals surface area contributed by atoms with Crippen molar-refractivity contribution in [3.8, 4) is 0 Å². The van der Waals surface area contributed by atoms with Crippen LogP contribution in [0.25, 0.3) is 0 Å². The summed E-state index contributed by atoms with van der Waals surface area (Å²) in [5.74, 6) is -0.548. The van der Waals surface area contributed by atoms with E-state index in [-0.39, 0.29) is 17.2 Å². The fourth-order valence-corrected chi connectivity index (χ4v) is 3.41. The van der Waals surface area contributed by atoms with Crippen LogP contribution >= 0.6 is 0 Å². The first-order valence-electron chi connectivity index (χ1n) is 6.24. The highest BCUT2D eigenvalue weighted by molar-refractivity contribution is 7.88. The third kappa shape index (κ3) is 3.75. The Bertz CT molecular complexity index is 526. The molecule has 0 N–H and O–H groups in total. The fourth-order valence-electron chi connectivity index (χ4n) is 2.13. The minimum atomic E-state index is -3.49. The molecule has 0 radical (unpaired) electrons. The summed E-state index contributed by atoms with van der Waals surface area (Å²) >= 11 is 0. The molecular formula is C13H18FNO3S. The van der Waals surface area contributed by atoms with Crippen LogP contribution in [0.1, 0.15) is 12.0 Å². The Kier molecular flexibility index (Phi) is 4.54. The number of halogens is 1. The predicted molar refractivity (Wildman–Crippen MR) is 70.6 cm³/mol. The lowest BCUT2D eigenvalue weighted by Crippen LogP contribution is -2.33. The van der Waals surface area contributed by atoms with Crippen LogP contribution in [0.3, 0.4) is 0 Å². The molecule has 0 bridgehead atoms. The van der Waals surface area contributed by atoms with E-state index in [9.17, 15) is 12.8 Å². The van der Waals surface area contributed by atoms with E-state index in [1.54, 1.807) is 12.1 Å². The van der Waals surface area contributed by atoms with Crippen molar-refractivity contribution in [3.05, 3.63) is 35.6 Å². The summed E-state index contributed by atoms with van der Waals surface area (Å²) in [5, 5.41) is 0. The molecule has 0 amide bonds. The van der Waals surface area contributed by atoms with Crippen LogP contribution in [-0.4, -0.2) is 39.5 Å². The highest BCUT2D eigenvalue weighted by Crippen LogP contribution is 2.18. The Balaban J connectivity index is 2.03. The van der Waals surface area contributed by atoms with Crippen molar-refractivity contribution in [1.29, 1.82) is 0 Å². The molecule has 19 heavy (non-hydrogen) atoms. The molecule has 1 unspecified atom stereocenters. The monoisotopic (exact) mass is 287 g/mol. The number of nitrogens with zero attached hydrogens (tertiary/aromatic N) is 1. The first kappa shape index (κ1) is 14.4. The van der Waals surface area contributed by atoms with E-state index in [0.717, 1.165) is 6.42 Å². The smallest absolute Gasteiger partial charge is 0.218 e. The molecule has 1 saturated heterocycles. The average Bonchev–Trinajstić information content (AvgIpc) is 2.84. The van der Waals surface area contributed by atoms with Crippen LogP contribution in [0.4, 0.5) is 4.39 Å². The zero-order valence-electron chi connectivity index (χ0n) is 10.9. The van der Waals surface area contributed by atoms with Crippen molar-refractivity contribution in [2.24, 2.45) is 5.92 Å². The molecule has 1 fully saturated rings. The highest BCUT2D eigenvalue weighted by atomic mass is 32.2. The summed E-state index contributed by atoms with van der Waals surface area (Å²) in [4.78, 5) is 0. The van der Waals surface area contributed by atoms with Crippen molar-refractivity contribution in [1.82, 2.24) is 4.31 Å². The van der Waals surface area contributed by atoms with E-state index in [1.807, 2.05) is 0 Å². The topological polar surface area (TPSA) is 46.6 Å². The van der Waals surface area contributed by atoms with Gasteiger partial charge in [0.2, 0.25) is 10.0 Å². The van der Waals surface area contributed by atoms with Crippen LogP contribution in [-0.2, 0) is 20.5 Å². The maximum absolute atomic E-state index is 13.5. The molecule has 1 heterocycles. The SMILES string of the molecule is CN(CC1CCOC1)S(=O)(=O)Cc1ccccc1F. The zero-order chi connectivity index (χ0) is 13.9. The molecule has 106 valence electrons. The van der Waals surface area contributed by atoms with Gasteiger partial charge in [0.1, 0.15) is 5.82 Å². The molecule has 0 aliphatic carbocycles. The molecule has 4 nitrogen and oxygen atoms in total. The van der Waals surface area contributed by atoms with Gasteiger partial charge >= 0.3 is 0 Å². The van der Waals surface area contributed by atoms with Gasteiger partial charge in [-0.15, -0.1) is 0 Å². The molecular weight excluding hydrogens is 269 g/mol. The van der Waals surface area contributed by atoms with E-state index >= 15 is 0 Å². The van der Waals surface area contributed by atoms with Gasteiger partial charge in [-0.25, -0.2) is 17.1 Å². The van der Waals surface area contributed by atoms with Crippen LogP contribution in [0, 0.1) is 11.7 Å². The van der Waals surface area contributed by atoms with Gasteiger partial charge in [-0.3, -0.25) is 0 Å². The van der Waals surface area contributed by atoms with Crippen molar-refractivity contribution in [2.45, 2.75) is 12.2 Å². The molecule has 0 spiro atoms. The Morgan fingerprint density at radius 3 is 2.79 bits per heavy atom. The van der Waals surface area contributed by atoms with E-state index in [4.69, 9.17) is 4.74 Å². The lowest BCUT2D eigenvalue weighted by Gasteiger charge is -2.20. The second-order valence-electron chi connectivity index (χ2n) is 4.86. The van der Waals surface area contributed by atoms with E-state index in [0.29, 0.717) is 19.8 Å². The molecule has 1 aromatic carbocycles. The molecule has 1 aliphatic heterocycles. The van der Waals surface area contributed by atoms with Gasteiger partial charge in [-0.1, -0.05) is 18.2 Å². The minimum Gasteiger partial charge on any atom is -0.381 e. The average molecular weight is 287 g/mol. The number of sulfonamides is 1. The summed E-state index contributed by atoms with van der Waals surface area (Å²) < 4.78 is 44.3. The minimum absolute atomic E-state index is 0.206. The number of hydrogen-bond donors (Lipinski definition) is 0. The van der Waals surface area contributed by atoms with Gasteiger partial charge in [0.05, 0.1) is 12.4 Å². The predicted octanol–water partition coefficient (Wildman–Crippen LogP) is 1.62. The molecule has 1 atom stereocenters. The summed E-state index contributed by atoms with van der Waals surface area (Å²) in [7, 11) is -1.95. The van der Waals surface area contributed by atoms with Gasteiger partial charge in [0.25, 0.3) is 0 Å². The zero-order valence-corrected chi connectivity index (χ0v) is 11.7. The third-order valence-electron chi connectivity index (χ3n) is 3.31. The van der Waals surface area contributed by atoms with Crippen molar-refractivity contribution in [2.75, 3.05) is 26.8 Å². The largest absolute Gasteiger partial charge is 0.381 e. The highest BCUT2D eigenvalue weighted by Gasteiger charge is 2.25. The number of benzene rings is 1. The van der Waals surface area contributed by atoms with E-state index in [1.165, 1.54) is 23.5 Å². The maximum atomic E-state index is 13.5. The molecule has 0 aromatic heterocycles. The van der Waals surface area contributed by atoms with Gasteiger partial charge < -0.3 is 4.74 Å². The molecule has 2 rings (SSSR count). The molecule has 1 aliphatic rings. The normalized spacial score (nSPS) is 20.1. The Labute approximate surface area is 113 Å². The van der Waals surface area contributed by atoms with Crippen molar-refractivity contribution >= 4 is 10.0 Å². The maximum Gasteiger partial charge on any atom is 0.218 e. The second kappa shape index (κ2) is 5.98. The van der Waals surface area contributed by atoms with Crippen molar-refractivity contribution in [3.63, 3.8) is 0 Å². The Morgan fingerprint density at radius 2 is 2.16 bits per heavy atom. The number of rotatable bonds is 5. The number of hydrogen-bond acceptors (Lipinski definition) is 3. The van der Waals surface area contributed by atoms with Crippen LogP contribution < -0.4 is 0 Å². The van der Waals surface area contributed by atoms with E-state index in [2.05, 4.69) is 0 Å². The van der Waals surface area contributed by atoms with Crippen LogP contribution in [0.5, 0.6) is 0 Å². The molecule has 0 saturated carbocycles. The molecule has 6 heteroatoms. The third-order valence-corrected chi connectivity index (χ3v) is 5.08. The van der Waals surface area contributed by atoms with E-state index < -0.39 is 15.8 Å². The van der Waals surface area contributed by atoms with Gasteiger partial charge in [0.15, 0.2) is 0 Å². The van der Waals surface area contributed by atoms with Gasteiger partial charge in [-0.05, 0) is 18.4 Å². The van der Waals surface area contributed by atoms with Crippen molar-refractivity contribution < 1.29 is 17.5 Å². The summed E-state index contributed by atoms with van der Waals surface area (Å²) in [5.41, 5.74) is 0.206. The standard InChI is InChI=1S/C13H18FNO3S/c1-15(8-11-6-7-18-9-11)19(16,17)10-12-4-2-3-5-13(12)14/h2-5,11H,6-10H2,1H3. The Hall–Kier alpha value is -0.980. The first-order valence-corrected chi connectivity index (χ1v) is 7.85. The summed E-state index contributed by atoms with van der Waals surface area (Å²) in [6.45, 7) is 1.71. The lowest BCUT2D eigenvalue weighted by molar-refractivity contribution is 0.182. The van der Waals surface area contributed by atoms with Crippen LogP contribution in [0.2, 0.25) is 0 Å². The molecule has 1 aromatic rings.